The summed E-state index contributed by atoms with van der Waals surface area (Å²) < 4.78 is 11.7. The maximum absolute atomic E-state index is 13.3. The zero-order valence-corrected chi connectivity index (χ0v) is 18.2. The van der Waals surface area contributed by atoms with Crippen molar-refractivity contribution in [1.29, 1.82) is 0 Å². The number of ether oxygens (including phenoxy) is 2. The van der Waals surface area contributed by atoms with Crippen molar-refractivity contribution in [1.82, 2.24) is 4.98 Å². The number of carbonyl (C=O) groups is 1. The van der Waals surface area contributed by atoms with E-state index in [0.29, 0.717) is 23.3 Å². The molecule has 0 spiro atoms. The highest BCUT2D eigenvalue weighted by atomic mass is 16.5. The SMILES string of the molecule is Cc1ccc(-c2[nH]c3cc(C)ccc3c(=O)c2OCCOc2cccc(CC=O)c2)cc1. The first-order valence-electron chi connectivity index (χ1n) is 10.6. The van der Waals surface area contributed by atoms with Crippen LogP contribution < -0.4 is 14.9 Å². The van der Waals surface area contributed by atoms with Crippen molar-refractivity contribution < 1.29 is 14.3 Å². The van der Waals surface area contributed by atoms with E-state index in [4.69, 9.17) is 9.47 Å². The molecule has 1 N–H and O–H groups in total. The Morgan fingerprint density at radius 1 is 0.875 bits per heavy atom. The molecule has 1 heterocycles. The number of aromatic amines is 1. The molecule has 5 heteroatoms. The van der Waals surface area contributed by atoms with Gasteiger partial charge in [0.25, 0.3) is 0 Å². The summed E-state index contributed by atoms with van der Waals surface area (Å²) in [6.45, 7) is 4.49. The minimum atomic E-state index is -0.151. The predicted molar refractivity (Wildman–Crippen MR) is 127 cm³/mol. The van der Waals surface area contributed by atoms with Crippen LogP contribution in [0.2, 0.25) is 0 Å². The van der Waals surface area contributed by atoms with Crippen molar-refractivity contribution in [2.75, 3.05) is 13.2 Å². The third kappa shape index (κ3) is 4.72. The van der Waals surface area contributed by atoms with Gasteiger partial charge in [0.1, 0.15) is 25.2 Å². The van der Waals surface area contributed by atoms with E-state index in [-0.39, 0.29) is 24.4 Å². The average molecular weight is 428 g/mol. The summed E-state index contributed by atoms with van der Waals surface area (Å²) in [4.78, 5) is 27.4. The maximum Gasteiger partial charge on any atom is 0.231 e. The topological polar surface area (TPSA) is 68.4 Å². The number of nitrogens with one attached hydrogen (secondary N) is 1. The van der Waals surface area contributed by atoms with Crippen molar-refractivity contribution in [3.63, 3.8) is 0 Å². The van der Waals surface area contributed by atoms with Crippen LogP contribution in [0.15, 0.2) is 71.5 Å². The Hall–Kier alpha value is -3.86. The Balaban J connectivity index is 1.60. The van der Waals surface area contributed by atoms with Crippen LogP contribution in [0.25, 0.3) is 22.2 Å². The number of hydrogen-bond donors (Lipinski definition) is 1. The number of carbonyl (C=O) groups excluding carboxylic acids is 1. The minimum Gasteiger partial charge on any atom is -0.490 e. The molecule has 0 aliphatic carbocycles. The molecule has 0 saturated carbocycles. The molecule has 0 aliphatic rings. The predicted octanol–water partition coefficient (Wildman–Crippen LogP) is 5.01. The van der Waals surface area contributed by atoms with Crippen LogP contribution in [0, 0.1) is 13.8 Å². The maximum atomic E-state index is 13.3. The number of pyridine rings is 1. The van der Waals surface area contributed by atoms with Gasteiger partial charge in [-0.3, -0.25) is 4.79 Å². The molecule has 0 amide bonds. The third-order valence-corrected chi connectivity index (χ3v) is 5.27. The van der Waals surface area contributed by atoms with Crippen molar-refractivity contribution in [2.45, 2.75) is 20.3 Å². The number of rotatable bonds is 8. The molecule has 32 heavy (non-hydrogen) atoms. The summed E-state index contributed by atoms with van der Waals surface area (Å²) in [6, 6.07) is 21.1. The van der Waals surface area contributed by atoms with Gasteiger partial charge < -0.3 is 19.3 Å². The minimum absolute atomic E-state index is 0.151. The van der Waals surface area contributed by atoms with Gasteiger partial charge in [-0.25, -0.2) is 0 Å². The van der Waals surface area contributed by atoms with Gasteiger partial charge in [-0.1, -0.05) is 48.0 Å². The molecule has 0 saturated heterocycles. The first-order valence-corrected chi connectivity index (χ1v) is 10.6. The van der Waals surface area contributed by atoms with Crippen LogP contribution in [0.4, 0.5) is 0 Å². The second-order valence-electron chi connectivity index (χ2n) is 7.79. The standard InChI is InChI=1S/C27H25NO4/c1-18-6-9-21(10-7-18)25-27(26(30)23-11-8-19(2)16-24(23)28-25)32-15-14-31-22-5-3-4-20(17-22)12-13-29/h3-11,13,16-17H,12,14-15H2,1-2H3,(H,28,30). The molecule has 3 aromatic carbocycles. The van der Waals surface area contributed by atoms with E-state index in [1.54, 1.807) is 0 Å². The largest absolute Gasteiger partial charge is 0.490 e. The number of H-pyrrole nitrogens is 1. The van der Waals surface area contributed by atoms with Crippen molar-refractivity contribution >= 4 is 17.2 Å². The molecule has 0 radical (unpaired) electrons. The number of hydrogen-bond acceptors (Lipinski definition) is 4. The van der Waals surface area contributed by atoms with Crippen LogP contribution in [-0.2, 0) is 11.2 Å². The summed E-state index contributed by atoms with van der Waals surface area (Å²) in [7, 11) is 0. The number of fused-ring (bicyclic) bond motifs is 1. The smallest absolute Gasteiger partial charge is 0.231 e. The van der Waals surface area contributed by atoms with Crippen LogP contribution in [0.1, 0.15) is 16.7 Å². The Bertz CT molecular complexity index is 1310. The normalized spacial score (nSPS) is 10.8. The van der Waals surface area contributed by atoms with Crippen LogP contribution in [0.3, 0.4) is 0 Å². The van der Waals surface area contributed by atoms with Crippen LogP contribution in [0.5, 0.6) is 11.5 Å². The van der Waals surface area contributed by atoms with Gasteiger partial charge in [-0.05, 0) is 49.2 Å². The summed E-state index contributed by atoms with van der Waals surface area (Å²) in [5.41, 5.74) is 5.27. The van der Waals surface area contributed by atoms with E-state index in [1.807, 2.05) is 80.6 Å². The highest BCUT2D eigenvalue weighted by molar-refractivity contribution is 5.85. The molecule has 0 fully saturated rings. The molecular weight excluding hydrogens is 402 g/mol. The van der Waals surface area contributed by atoms with E-state index in [1.165, 1.54) is 0 Å². The quantitative estimate of drug-likeness (QED) is 0.317. The molecule has 162 valence electrons. The van der Waals surface area contributed by atoms with Crippen molar-refractivity contribution in [3.05, 3.63) is 93.6 Å². The lowest BCUT2D eigenvalue weighted by molar-refractivity contribution is -0.107. The molecule has 5 nitrogen and oxygen atoms in total. The lowest BCUT2D eigenvalue weighted by Gasteiger charge is -2.14. The van der Waals surface area contributed by atoms with Gasteiger partial charge in [0.2, 0.25) is 5.43 Å². The molecular formula is C27H25NO4. The zero-order valence-electron chi connectivity index (χ0n) is 18.2. The highest BCUT2D eigenvalue weighted by Crippen LogP contribution is 2.28. The number of aryl methyl sites for hydroxylation is 2. The molecule has 4 aromatic rings. The Morgan fingerprint density at radius 3 is 2.41 bits per heavy atom. The van der Waals surface area contributed by atoms with Crippen LogP contribution in [-0.4, -0.2) is 24.5 Å². The number of aldehydes is 1. The summed E-state index contributed by atoms with van der Waals surface area (Å²) in [5, 5.41) is 0.587. The zero-order chi connectivity index (χ0) is 22.5. The third-order valence-electron chi connectivity index (χ3n) is 5.27. The van der Waals surface area contributed by atoms with E-state index in [9.17, 15) is 9.59 Å². The van der Waals surface area contributed by atoms with Gasteiger partial charge >= 0.3 is 0 Å². The van der Waals surface area contributed by atoms with E-state index < -0.39 is 0 Å². The lowest BCUT2D eigenvalue weighted by Crippen LogP contribution is -2.16. The molecule has 4 rings (SSSR count). The fourth-order valence-electron chi connectivity index (χ4n) is 3.61. The first-order chi connectivity index (χ1) is 15.5. The van der Waals surface area contributed by atoms with Crippen molar-refractivity contribution in [3.8, 4) is 22.8 Å². The lowest BCUT2D eigenvalue weighted by atomic mass is 10.1. The van der Waals surface area contributed by atoms with E-state index in [0.717, 1.165) is 34.1 Å². The highest BCUT2D eigenvalue weighted by Gasteiger charge is 2.15. The number of benzene rings is 3. The van der Waals surface area contributed by atoms with Gasteiger partial charge in [-0.2, -0.15) is 0 Å². The van der Waals surface area contributed by atoms with Gasteiger partial charge in [0, 0.05) is 17.4 Å². The van der Waals surface area contributed by atoms with Gasteiger partial charge in [0.15, 0.2) is 5.75 Å². The number of aromatic nitrogens is 1. The van der Waals surface area contributed by atoms with Gasteiger partial charge in [-0.15, -0.1) is 0 Å². The van der Waals surface area contributed by atoms with Crippen molar-refractivity contribution in [2.24, 2.45) is 0 Å². The first kappa shape index (κ1) is 21.4. The second-order valence-corrected chi connectivity index (χ2v) is 7.79. The average Bonchev–Trinajstić information content (AvgIpc) is 2.78. The Labute approximate surface area is 186 Å². The molecule has 0 bridgehead atoms. The molecule has 0 unspecified atom stereocenters. The fraction of sp³-hybridized carbons (Fsp3) is 0.185. The Morgan fingerprint density at radius 2 is 1.62 bits per heavy atom. The summed E-state index contributed by atoms with van der Waals surface area (Å²) in [5.74, 6) is 0.943. The van der Waals surface area contributed by atoms with E-state index in [2.05, 4.69) is 4.98 Å². The Kier molecular flexibility index (Phi) is 6.36. The molecule has 0 atom stereocenters. The van der Waals surface area contributed by atoms with Crippen LogP contribution >= 0.6 is 0 Å². The molecule has 1 aromatic heterocycles. The van der Waals surface area contributed by atoms with E-state index >= 15 is 0 Å². The van der Waals surface area contributed by atoms with Gasteiger partial charge in [0.05, 0.1) is 11.2 Å². The monoisotopic (exact) mass is 427 g/mol. The fourth-order valence-corrected chi connectivity index (χ4v) is 3.61. The molecule has 0 aliphatic heterocycles. The summed E-state index contributed by atoms with van der Waals surface area (Å²) >= 11 is 0. The summed E-state index contributed by atoms with van der Waals surface area (Å²) in [6.07, 6.45) is 1.21. The second kappa shape index (κ2) is 9.52.